The molecule has 0 spiro atoms. The number of hydrogen-bond acceptors (Lipinski definition) is 4. The lowest BCUT2D eigenvalue weighted by Gasteiger charge is -2.28. The zero-order chi connectivity index (χ0) is 20.0. The summed E-state index contributed by atoms with van der Waals surface area (Å²) in [6.07, 6.45) is 10.2. The van der Waals surface area contributed by atoms with Gasteiger partial charge in [-0.3, -0.25) is 9.59 Å². The van der Waals surface area contributed by atoms with E-state index >= 15 is 0 Å². The summed E-state index contributed by atoms with van der Waals surface area (Å²) in [6, 6.07) is 0. The molecule has 0 aromatic heterocycles. The van der Waals surface area contributed by atoms with Gasteiger partial charge in [-0.05, 0) is 32.1 Å². The number of ether oxygens (including phenoxy) is 1. The van der Waals surface area contributed by atoms with Crippen LogP contribution in [0, 0.1) is 0 Å². The molecular weight excluding hydrogens is 338 g/mol. The quantitative estimate of drug-likeness (QED) is 0.160. The van der Waals surface area contributed by atoms with E-state index in [9.17, 15) is 14.4 Å². The average molecular weight is 370 g/mol. The highest BCUT2D eigenvalue weighted by Crippen LogP contribution is 2.08. The SMILES string of the molecule is C[N+](C)(C)CC(CC(=O)O)OC(=O)CC/C=C/CCCC/C=C/C(=O)O. The largest absolute Gasteiger partial charge is 0.481 e. The molecule has 0 fully saturated rings. The second kappa shape index (κ2) is 13.1. The molecule has 1 unspecified atom stereocenters. The molecular formula is C19H32NO6+. The normalized spacial score (nSPS) is 13.2. The number of aliphatic carboxylic acids is 2. The molecule has 26 heavy (non-hydrogen) atoms. The van der Waals surface area contributed by atoms with Crippen molar-refractivity contribution < 1.29 is 33.8 Å². The lowest BCUT2D eigenvalue weighted by molar-refractivity contribution is -0.873. The summed E-state index contributed by atoms with van der Waals surface area (Å²) in [7, 11) is 5.76. The fraction of sp³-hybridized carbons (Fsp3) is 0.632. The number of carbonyl (C=O) groups is 3. The number of likely N-dealkylation sites (N-methyl/N-ethyl adjacent to an activating group) is 1. The fourth-order valence-corrected chi connectivity index (χ4v) is 2.34. The fourth-order valence-electron chi connectivity index (χ4n) is 2.34. The Morgan fingerprint density at radius 2 is 1.54 bits per heavy atom. The van der Waals surface area contributed by atoms with E-state index in [0.29, 0.717) is 17.4 Å². The minimum atomic E-state index is -0.977. The van der Waals surface area contributed by atoms with Gasteiger partial charge in [-0.1, -0.05) is 18.2 Å². The van der Waals surface area contributed by atoms with Crippen molar-refractivity contribution in [3.63, 3.8) is 0 Å². The van der Waals surface area contributed by atoms with Gasteiger partial charge in [0.1, 0.15) is 6.54 Å². The number of rotatable bonds is 14. The summed E-state index contributed by atoms with van der Waals surface area (Å²) in [5.41, 5.74) is 0. The van der Waals surface area contributed by atoms with E-state index in [0.717, 1.165) is 31.8 Å². The van der Waals surface area contributed by atoms with Crippen LogP contribution in [0.3, 0.4) is 0 Å². The molecule has 0 aliphatic heterocycles. The Morgan fingerprint density at radius 1 is 0.962 bits per heavy atom. The third-order valence-electron chi connectivity index (χ3n) is 3.39. The van der Waals surface area contributed by atoms with Gasteiger partial charge in [0.2, 0.25) is 0 Å². The maximum absolute atomic E-state index is 11.9. The highest BCUT2D eigenvalue weighted by Gasteiger charge is 2.24. The summed E-state index contributed by atoms with van der Waals surface area (Å²) < 4.78 is 5.82. The van der Waals surface area contributed by atoms with Gasteiger partial charge >= 0.3 is 17.9 Å². The van der Waals surface area contributed by atoms with E-state index < -0.39 is 18.0 Å². The lowest BCUT2D eigenvalue weighted by Crippen LogP contribution is -2.43. The first-order chi connectivity index (χ1) is 12.1. The van der Waals surface area contributed by atoms with Crippen molar-refractivity contribution in [2.45, 2.75) is 51.0 Å². The molecule has 0 rings (SSSR count). The Morgan fingerprint density at radius 3 is 2.08 bits per heavy atom. The van der Waals surface area contributed by atoms with Crippen LogP contribution < -0.4 is 0 Å². The molecule has 0 saturated carbocycles. The van der Waals surface area contributed by atoms with Gasteiger partial charge < -0.3 is 19.4 Å². The van der Waals surface area contributed by atoms with Crippen LogP contribution in [0.5, 0.6) is 0 Å². The second-order valence-electron chi connectivity index (χ2n) is 7.22. The Bertz CT molecular complexity index is 505. The van der Waals surface area contributed by atoms with Gasteiger partial charge in [-0.25, -0.2) is 4.79 Å². The van der Waals surface area contributed by atoms with Crippen molar-refractivity contribution in [3.8, 4) is 0 Å². The van der Waals surface area contributed by atoms with Crippen LogP contribution in [-0.2, 0) is 19.1 Å². The van der Waals surface area contributed by atoms with Crippen molar-refractivity contribution in [1.29, 1.82) is 0 Å². The van der Waals surface area contributed by atoms with Gasteiger partial charge in [0.15, 0.2) is 6.10 Å². The van der Waals surface area contributed by atoms with Crippen LogP contribution in [0.15, 0.2) is 24.3 Å². The number of carboxylic acids is 2. The first-order valence-electron chi connectivity index (χ1n) is 8.86. The van der Waals surface area contributed by atoms with Crippen molar-refractivity contribution in [1.82, 2.24) is 0 Å². The molecule has 2 N–H and O–H groups in total. The number of nitrogens with zero attached hydrogens (tertiary/aromatic N) is 1. The van der Waals surface area contributed by atoms with Crippen LogP contribution in [0.25, 0.3) is 0 Å². The van der Waals surface area contributed by atoms with E-state index in [2.05, 4.69) is 0 Å². The molecule has 0 aromatic carbocycles. The van der Waals surface area contributed by atoms with Crippen molar-refractivity contribution >= 4 is 17.9 Å². The molecule has 0 radical (unpaired) electrons. The summed E-state index contributed by atoms with van der Waals surface area (Å²) in [4.78, 5) is 33.0. The number of carbonyl (C=O) groups excluding carboxylic acids is 1. The summed E-state index contributed by atoms with van der Waals surface area (Å²) in [5, 5.41) is 17.4. The van der Waals surface area contributed by atoms with Gasteiger partial charge in [0.05, 0.1) is 27.6 Å². The van der Waals surface area contributed by atoms with Crippen molar-refractivity contribution in [2.24, 2.45) is 0 Å². The molecule has 0 aliphatic rings. The average Bonchev–Trinajstić information content (AvgIpc) is 2.46. The molecule has 0 amide bonds. The van der Waals surface area contributed by atoms with E-state index in [1.165, 1.54) is 0 Å². The maximum atomic E-state index is 11.9. The Balaban J connectivity index is 3.97. The third-order valence-corrected chi connectivity index (χ3v) is 3.39. The standard InChI is InChI=1S/C19H31NO6/c1-20(2,3)15-16(14-18(23)24)26-19(25)13-11-9-7-5-4-6-8-10-12-17(21)22/h7,9-10,12,16H,4-6,8,11,13-15H2,1-3H3,(H-,21,22,23,24)/p+1/b9-7+,12-10+. The number of esters is 1. The maximum Gasteiger partial charge on any atom is 0.327 e. The minimum absolute atomic E-state index is 0.187. The van der Waals surface area contributed by atoms with Gasteiger partial charge in [0, 0.05) is 12.5 Å². The lowest BCUT2D eigenvalue weighted by atomic mass is 10.1. The number of unbranched alkanes of at least 4 members (excludes halogenated alkanes) is 3. The summed E-state index contributed by atoms with van der Waals surface area (Å²) >= 11 is 0. The smallest absolute Gasteiger partial charge is 0.327 e. The molecule has 0 aliphatic carbocycles. The number of allylic oxidation sites excluding steroid dienone is 3. The third kappa shape index (κ3) is 16.7. The molecule has 0 saturated heterocycles. The summed E-state index contributed by atoms with van der Waals surface area (Å²) in [6.45, 7) is 0.449. The van der Waals surface area contributed by atoms with Gasteiger partial charge in [-0.15, -0.1) is 0 Å². The Labute approximate surface area is 155 Å². The predicted octanol–water partition coefficient (Wildman–Crippen LogP) is 2.62. The van der Waals surface area contributed by atoms with Crippen LogP contribution in [0.2, 0.25) is 0 Å². The molecule has 0 aromatic rings. The second-order valence-corrected chi connectivity index (χ2v) is 7.22. The highest BCUT2D eigenvalue weighted by molar-refractivity contribution is 5.79. The van der Waals surface area contributed by atoms with E-state index in [1.54, 1.807) is 6.08 Å². The first kappa shape index (κ1) is 23.9. The monoisotopic (exact) mass is 370 g/mol. The molecule has 1 atom stereocenters. The Hall–Kier alpha value is -2.15. The number of carboxylic acid groups (broad SMARTS) is 2. The zero-order valence-corrected chi connectivity index (χ0v) is 16.0. The molecule has 0 heterocycles. The molecule has 0 bridgehead atoms. The van der Waals surface area contributed by atoms with Crippen LogP contribution in [0.4, 0.5) is 0 Å². The number of hydrogen-bond donors (Lipinski definition) is 2. The van der Waals surface area contributed by atoms with Crippen molar-refractivity contribution in [2.75, 3.05) is 27.7 Å². The van der Waals surface area contributed by atoms with Crippen molar-refractivity contribution in [3.05, 3.63) is 24.3 Å². The molecule has 7 heteroatoms. The van der Waals surface area contributed by atoms with E-state index in [1.807, 2.05) is 33.3 Å². The van der Waals surface area contributed by atoms with E-state index in [4.69, 9.17) is 14.9 Å². The van der Waals surface area contributed by atoms with Crippen LogP contribution in [0.1, 0.15) is 44.9 Å². The highest BCUT2D eigenvalue weighted by atomic mass is 16.5. The van der Waals surface area contributed by atoms with E-state index in [-0.39, 0.29) is 18.8 Å². The van der Waals surface area contributed by atoms with Crippen LogP contribution >= 0.6 is 0 Å². The molecule has 7 nitrogen and oxygen atoms in total. The Kier molecular flexibility index (Phi) is 12.0. The van der Waals surface area contributed by atoms with Gasteiger partial charge in [-0.2, -0.15) is 0 Å². The first-order valence-corrected chi connectivity index (χ1v) is 8.86. The number of quaternary nitrogens is 1. The minimum Gasteiger partial charge on any atom is -0.481 e. The predicted molar refractivity (Wildman–Crippen MR) is 98.7 cm³/mol. The molecule has 148 valence electrons. The van der Waals surface area contributed by atoms with Gasteiger partial charge in [0.25, 0.3) is 0 Å². The van der Waals surface area contributed by atoms with Crippen LogP contribution in [-0.4, -0.2) is 66.4 Å². The zero-order valence-electron chi connectivity index (χ0n) is 16.0. The topological polar surface area (TPSA) is 101 Å². The summed E-state index contributed by atoms with van der Waals surface area (Å²) in [5.74, 6) is -2.29.